The largest absolute Gasteiger partial charge is 0.311 e. The van der Waals surface area contributed by atoms with Crippen LogP contribution in [0.1, 0.15) is 42.9 Å². The molecule has 2 nitrogen and oxygen atoms in total. The van der Waals surface area contributed by atoms with E-state index in [0.717, 1.165) is 19.4 Å². The van der Waals surface area contributed by atoms with E-state index in [1.165, 1.54) is 11.1 Å². The number of alkyl halides is 1. The van der Waals surface area contributed by atoms with Gasteiger partial charge in [-0.2, -0.15) is 0 Å². The Balaban J connectivity index is 1.68. The highest BCUT2D eigenvalue weighted by atomic mass is 19.1. The molecule has 0 saturated carbocycles. The fraction of sp³-hybridized carbons (Fsp3) is 0.600. The molecule has 1 aromatic rings. The van der Waals surface area contributed by atoms with E-state index in [1.54, 1.807) is 0 Å². The molecule has 2 fully saturated rings. The molecule has 0 aromatic heterocycles. The molecule has 96 valence electrons. The first-order chi connectivity index (χ1) is 8.74. The molecule has 3 aliphatic rings. The number of rotatable bonds is 1. The van der Waals surface area contributed by atoms with Gasteiger partial charge in [0.05, 0.1) is 6.04 Å². The molecule has 2 N–H and O–H groups in total. The van der Waals surface area contributed by atoms with Gasteiger partial charge in [-0.1, -0.05) is 24.3 Å². The summed E-state index contributed by atoms with van der Waals surface area (Å²) in [7, 11) is 0. The smallest absolute Gasteiger partial charge is 0.133 e. The van der Waals surface area contributed by atoms with Crippen molar-refractivity contribution in [3.63, 3.8) is 0 Å². The van der Waals surface area contributed by atoms with Crippen LogP contribution in [0.2, 0.25) is 0 Å². The van der Waals surface area contributed by atoms with Crippen molar-refractivity contribution < 1.29 is 4.39 Å². The van der Waals surface area contributed by atoms with Gasteiger partial charge >= 0.3 is 0 Å². The lowest BCUT2D eigenvalue weighted by molar-refractivity contribution is 0.0492. The van der Waals surface area contributed by atoms with Gasteiger partial charge in [0.2, 0.25) is 0 Å². The Kier molecular flexibility index (Phi) is 2.30. The first kappa shape index (κ1) is 10.9. The molecule has 2 bridgehead atoms. The van der Waals surface area contributed by atoms with Gasteiger partial charge in [-0.15, -0.1) is 0 Å². The summed E-state index contributed by atoms with van der Waals surface area (Å²) in [6, 6.07) is 8.95. The number of piperidine rings is 1. The SMILES string of the molecule is FC1(C2NCc3ccccc32)CC2CCC(C1)N2. The Hall–Kier alpha value is -0.930. The summed E-state index contributed by atoms with van der Waals surface area (Å²) >= 11 is 0. The topological polar surface area (TPSA) is 24.1 Å². The maximum absolute atomic E-state index is 15.4. The molecule has 1 aromatic carbocycles. The van der Waals surface area contributed by atoms with E-state index in [2.05, 4.69) is 22.8 Å². The van der Waals surface area contributed by atoms with Crippen molar-refractivity contribution in [2.45, 2.75) is 56.0 Å². The second-order valence-corrected chi connectivity index (χ2v) is 6.09. The summed E-state index contributed by atoms with van der Waals surface area (Å²) in [5.74, 6) is 0. The Bertz CT molecular complexity index is 461. The maximum Gasteiger partial charge on any atom is 0.133 e. The Morgan fingerprint density at radius 2 is 1.83 bits per heavy atom. The van der Waals surface area contributed by atoms with Crippen LogP contribution in [0.15, 0.2) is 24.3 Å². The van der Waals surface area contributed by atoms with Crippen LogP contribution in [0, 0.1) is 0 Å². The van der Waals surface area contributed by atoms with Crippen molar-refractivity contribution in [1.82, 2.24) is 10.6 Å². The van der Waals surface area contributed by atoms with Crippen molar-refractivity contribution in [2.75, 3.05) is 0 Å². The first-order valence-corrected chi connectivity index (χ1v) is 7.01. The molecule has 3 unspecified atom stereocenters. The second-order valence-electron chi connectivity index (χ2n) is 6.09. The van der Waals surface area contributed by atoms with Crippen molar-refractivity contribution in [1.29, 1.82) is 0 Å². The van der Waals surface area contributed by atoms with Gasteiger partial charge in [0.1, 0.15) is 5.67 Å². The third-order valence-electron chi connectivity index (χ3n) is 4.89. The number of hydrogen-bond donors (Lipinski definition) is 2. The summed E-state index contributed by atoms with van der Waals surface area (Å²) in [6.45, 7) is 0.815. The van der Waals surface area contributed by atoms with Gasteiger partial charge in [0.25, 0.3) is 0 Å². The predicted octanol–water partition coefficient (Wildman–Crippen LogP) is 2.45. The monoisotopic (exact) mass is 246 g/mol. The summed E-state index contributed by atoms with van der Waals surface area (Å²) in [6.07, 6.45) is 3.61. The number of fused-ring (bicyclic) bond motifs is 3. The van der Waals surface area contributed by atoms with Gasteiger partial charge in [0, 0.05) is 18.6 Å². The van der Waals surface area contributed by atoms with Crippen LogP contribution in [0.25, 0.3) is 0 Å². The third-order valence-corrected chi connectivity index (χ3v) is 4.89. The maximum atomic E-state index is 15.4. The highest BCUT2D eigenvalue weighted by Gasteiger charge is 2.50. The van der Waals surface area contributed by atoms with Crippen LogP contribution >= 0.6 is 0 Å². The Morgan fingerprint density at radius 1 is 1.11 bits per heavy atom. The fourth-order valence-corrected chi connectivity index (χ4v) is 4.12. The van der Waals surface area contributed by atoms with Crippen LogP contribution < -0.4 is 10.6 Å². The van der Waals surface area contributed by atoms with E-state index in [1.807, 2.05) is 12.1 Å². The van der Waals surface area contributed by atoms with E-state index in [4.69, 9.17) is 0 Å². The van der Waals surface area contributed by atoms with E-state index in [0.29, 0.717) is 24.9 Å². The average molecular weight is 246 g/mol. The fourth-order valence-electron chi connectivity index (χ4n) is 4.12. The minimum absolute atomic E-state index is 0.0982. The number of hydrogen-bond acceptors (Lipinski definition) is 2. The summed E-state index contributed by atoms with van der Waals surface area (Å²) in [5, 5.41) is 6.92. The van der Waals surface area contributed by atoms with Gasteiger partial charge in [-0.25, -0.2) is 4.39 Å². The minimum Gasteiger partial charge on any atom is -0.311 e. The van der Waals surface area contributed by atoms with Crippen molar-refractivity contribution in [3.8, 4) is 0 Å². The predicted molar refractivity (Wildman–Crippen MR) is 69.0 cm³/mol. The van der Waals surface area contributed by atoms with Crippen LogP contribution in [0.3, 0.4) is 0 Å². The van der Waals surface area contributed by atoms with Crippen LogP contribution in [0.4, 0.5) is 4.39 Å². The lowest BCUT2D eigenvalue weighted by Gasteiger charge is -2.39. The summed E-state index contributed by atoms with van der Waals surface area (Å²) in [4.78, 5) is 0. The number of benzene rings is 1. The first-order valence-electron chi connectivity index (χ1n) is 7.01. The van der Waals surface area contributed by atoms with Crippen LogP contribution in [-0.4, -0.2) is 17.8 Å². The molecule has 2 saturated heterocycles. The van der Waals surface area contributed by atoms with E-state index < -0.39 is 5.67 Å². The molecule has 3 aliphatic heterocycles. The van der Waals surface area contributed by atoms with Crippen LogP contribution in [-0.2, 0) is 6.54 Å². The molecule has 18 heavy (non-hydrogen) atoms. The normalized spacial score (nSPS) is 41.9. The lowest BCUT2D eigenvalue weighted by Crippen LogP contribution is -2.51. The van der Waals surface area contributed by atoms with Crippen molar-refractivity contribution in [2.24, 2.45) is 0 Å². The molecule has 3 heteroatoms. The number of halogens is 1. The second kappa shape index (κ2) is 3.78. The average Bonchev–Trinajstić information content (AvgIpc) is 2.93. The molecule has 4 rings (SSSR count). The molecular weight excluding hydrogens is 227 g/mol. The van der Waals surface area contributed by atoms with Crippen molar-refractivity contribution in [3.05, 3.63) is 35.4 Å². The molecule has 0 radical (unpaired) electrons. The quantitative estimate of drug-likeness (QED) is 0.795. The minimum atomic E-state index is -1.07. The molecular formula is C15H19FN2. The molecule has 0 amide bonds. The van der Waals surface area contributed by atoms with E-state index in [9.17, 15) is 0 Å². The van der Waals surface area contributed by atoms with Gasteiger partial charge in [-0.3, -0.25) is 0 Å². The molecule has 0 aliphatic carbocycles. The zero-order valence-electron chi connectivity index (χ0n) is 10.5. The molecule has 0 spiro atoms. The van der Waals surface area contributed by atoms with E-state index in [-0.39, 0.29) is 6.04 Å². The highest BCUT2D eigenvalue weighted by Crippen LogP contribution is 2.46. The number of nitrogens with one attached hydrogen (secondary N) is 2. The van der Waals surface area contributed by atoms with Gasteiger partial charge in [-0.05, 0) is 36.8 Å². The summed E-state index contributed by atoms with van der Waals surface area (Å²) in [5.41, 5.74) is 1.38. The van der Waals surface area contributed by atoms with E-state index >= 15 is 4.39 Å². The lowest BCUT2D eigenvalue weighted by atomic mass is 9.80. The standard InChI is InChI=1S/C15H19FN2/c16-15(7-11-5-6-12(8-15)18-11)14-13-4-2-1-3-10(13)9-17-14/h1-4,11-12,14,17-18H,5-9H2. The van der Waals surface area contributed by atoms with Crippen LogP contribution in [0.5, 0.6) is 0 Å². The Morgan fingerprint density at radius 3 is 2.61 bits per heavy atom. The van der Waals surface area contributed by atoms with Gasteiger partial charge in [0.15, 0.2) is 0 Å². The highest BCUT2D eigenvalue weighted by molar-refractivity contribution is 5.36. The summed E-state index contributed by atoms with van der Waals surface area (Å²) < 4.78 is 15.4. The molecule has 3 atom stereocenters. The Labute approximate surface area is 107 Å². The third kappa shape index (κ3) is 1.54. The zero-order valence-corrected chi connectivity index (χ0v) is 10.5. The molecule has 3 heterocycles. The van der Waals surface area contributed by atoms with Crippen molar-refractivity contribution >= 4 is 0 Å². The zero-order chi connectivity index (χ0) is 12.2. The van der Waals surface area contributed by atoms with Gasteiger partial charge < -0.3 is 10.6 Å².